The van der Waals surface area contributed by atoms with E-state index in [0.717, 1.165) is 31.8 Å². The summed E-state index contributed by atoms with van der Waals surface area (Å²) in [4.78, 5) is 2.43. The fraction of sp³-hybridized carbons (Fsp3) is 1.00. The largest absolute Gasteiger partial charge is 0.389 e. The molecule has 2 aliphatic rings. The third kappa shape index (κ3) is 4.20. The molecule has 124 valence electrons. The van der Waals surface area contributed by atoms with Crippen LogP contribution in [0.1, 0.15) is 65.7 Å². The predicted molar refractivity (Wildman–Crippen MR) is 89.2 cm³/mol. The molecule has 0 aliphatic heterocycles. The van der Waals surface area contributed by atoms with Crippen molar-refractivity contribution in [2.45, 2.75) is 77.4 Å². The van der Waals surface area contributed by atoms with Gasteiger partial charge in [0, 0.05) is 12.6 Å². The molecule has 0 aromatic heterocycles. The summed E-state index contributed by atoms with van der Waals surface area (Å²) in [5.74, 6) is 1.37. The molecule has 2 fully saturated rings. The van der Waals surface area contributed by atoms with E-state index in [1.165, 1.54) is 32.1 Å². The highest BCUT2D eigenvalue weighted by molar-refractivity contribution is 4.94. The lowest BCUT2D eigenvalue weighted by Gasteiger charge is -2.46. The third-order valence-electron chi connectivity index (χ3n) is 6.13. The molecule has 0 aromatic carbocycles. The lowest BCUT2D eigenvalue weighted by Crippen LogP contribution is -2.51. The summed E-state index contributed by atoms with van der Waals surface area (Å²) in [5.41, 5.74) is 5.97. The number of likely N-dealkylation sites (N-methyl/N-ethyl adjacent to an activating group) is 1. The first-order valence-electron chi connectivity index (χ1n) is 8.88. The first kappa shape index (κ1) is 17.2. The van der Waals surface area contributed by atoms with Gasteiger partial charge in [-0.1, -0.05) is 33.6 Å². The Labute approximate surface area is 131 Å². The van der Waals surface area contributed by atoms with Gasteiger partial charge in [-0.25, -0.2) is 0 Å². The highest BCUT2D eigenvalue weighted by Gasteiger charge is 2.40. The van der Waals surface area contributed by atoms with Crippen molar-refractivity contribution in [3.05, 3.63) is 0 Å². The van der Waals surface area contributed by atoms with Gasteiger partial charge in [0.1, 0.15) is 0 Å². The van der Waals surface area contributed by atoms with Crippen molar-refractivity contribution in [3.8, 4) is 0 Å². The van der Waals surface area contributed by atoms with Crippen LogP contribution in [0.2, 0.25) is 0 Å². The van der Waals surface area contributed by atoms with E-state index in [1.807, 2.05) is 0 Å². The van der Waals surface area contributed by atoms with Crippen molar-refractivity contribution in [1.29, 1.82) is 0 Å². The number of hydrogen-bond acceptors (Lipinski definition) is 3. The number of nitrogens with two attached hydrogens (primary N) is 1. The molecule has 0 amide bonds. The second-order valence-electron chi connectivity index (χ2n) is 8.79. The van der Waals surface area contributed by atoms with E-state index in [0.29, 0.717) is 17.4 Å². The van der Waals surface area contributed by atoms with Gasteiger partial charge in [-0.2, -0.15) is 0 Å². The molecule has 3 N–H and O–H groups in total. The predicted octanol–water partition coefficient (Wildman–Crippen LogP) is 3.01. The first-order chi connectivity index (χ1) is 9.75. The Balaban J connectivity index is 2.02. The van der Waals surface area contributed by atoms with Crippen molar-refractivity contribution in [2.24, 2.45) is 23.0 Å². The topological polar surface area (TPSA) is 49.5 Å². The molecule has 0 bridgehead atoms. The Kier molecular flexibility index (Phi) is 5.38. The molecule has 3 atom stereocenters. The Morgan fingerprint density at radius 1 is 1.19 bits per heavy atom. The smallest absolute Gasteiger partial charge is 0.0774 e. The molecular formula is C18H36N2O. The van der Waals surface area contributed by atoms with Crippen LogP contribution in [0.4, 0.5) is 0 Å². The summed E-state index contributed by atoms with van der Waals surface area (Å²) in [7, 11) is 2.20. The Bertz CT molecular complexity index is 331. The third-order valence-corrected chi connectivity index (χ3v) is 6.13. The first-order valence-corrected chi connectivity index (χ1v) is 8.88. The van der Waals surface area contributed by atoms with Crippen molar-refractivity contribution >= 4 is 0 Å². The standard InChI is InChI=1S/C18H36N2O/c1-17(2,3)15-8-7-14(12-19)16(11-15)20(4)13-18(21)9-5-6-10-18/h14-16,21H,5-13,19H2,1-4H3. The van der Waals surface area contributed by atoms with Gasteiger partial charge < -0.3 is 15.7 Å². The number of nitrogens with zero attached hydrogens (tertiary/aromatic N) is 1. The minimum Gasteiger partial charge on any atom is -0.389 e. The molecule has 2 rings (SSSR count). The fourth-order valence-electron chi connectivity index (χ4n) is 4.58. The average Bonchev–Trinajstić information content (AvgIpc) is 2.83. The van der Waals surface area contributed by atoms with E-state index in [2.05, 4.69) is 32.7 Å². The van der Waals surface area contributed by atoms with E-state index < -0.39 is 5.60 Å². The quantitative estimate of drug-likeness (QED) is 0.838. The Morgan fingerprint density at radius 2 is 1.81 bits per heavy atom. The van der Waals surface area contributed by atoms with Crippen molar-refractivity contribution < 1.29 is 5.11 Å². The highest BCUT2D eigenvalue weighted by atomic mass is 16.3. The normalized spacial score (nSPS) is 33.6. The summed E-state index contributed by atoms with van der Waals surface area (Å²) in [6.45, 7) is 8.70. The van der Waals surface area contributed by atoms with Crippen LogP contribution in [-0.2, 0) is 0 Å². The van der Waals surface area contributed by atoms with Crippen LogP contribution in [0, 0.1) is 17.3 Å². The lowest BCUT2D eigenvalue weighted by molar-refractivity contribution is -0.0201. The Morgan fingerprint density at radius 3 is 2.33 bits per heavy atom. The van der Waals surface area contributed by atoms with Gasteiger partial charge in [0.05, 0.1) is 5.60 Å². The van der Waals surface area contributed by atoms with Gasteiger partial charge in [-0.15, -0.1) is 0 Å². The fourth-order valence-corrected chi connectivity index (χ4v) is 4.58. The van der Waals surface area contributed by atoms with Gasteiger partial charge in [0.2, 0.25) is 0 Å². The molecular weight excluding hydrogens is 260 g/mol. The molecule has 0 aromatic rings. The van der Waals surface area contributed by atoms with Crippen LogP contribution in [0.15, 0.2) is 0 Å². The minimum absolute atomic E-state index is 0.378. The van der Waals surface area contributed by atoms with Gasteiger partial charge in [0.15, 0.2) is 0 Å². The van der Waals surface area contributed by atoms with Crippen molar-refractivity contribution in [2.75, 3.05) is 20.1 Å². The van der Waals surface area contributed by atoms with Crippen LogP contribution in [0.25, 0.3) is 0 Å². The second kappa shape index (κ2) is 6.55. The van der Waals surface area contributed by atoms with Crippen LogP contribution in [0.3, 0.4) is 0 Å². The monoisotopic (exact) mass is 296 g/mol. The molecule has 0 radical (unpaired) electrons. The molecule has 3 nitrogen and oxygen atoms in total. The summed E-state index contributed by atoms with van der Waals surface area (Å²) in [6, 6.07) is 0.539. The molecule has 2 aliphatic carbocycles. The summed E-state index contributed by atoms with van der Waals surface area (Å²) in [5, 5.41) is 10.7. The molecule has 3 unspecified atom stereocenters. The van der Waals surface area contributed by atoms with Gasteiger partial charge in [-0.05, 0) is 62.9 Å². The summed E-state index contributed by atoms with van der Waals surface area (Å²) >= 11 is 0. The average molecular weight is 296 g/mol. The number of rotatable bonds is 4. The maximum absolute atomic E-state index is 10.7. The lowest BCUT2D eigenvalue weighted by atomic mass is 9.67. The van der Waals surface area contributed by atoms with Crippen LogP contribution in [-0.4, -0.2) is 41.8 Å². The van der Waals surface area contributed by atoms with E-state index in [-0.39, 0.29) is 0 Å². The number of hydrogen-bond donors (Lipinski definition) is 2. The van der Waals surface area contributed by atoms with Gasteiger partial charge in [0.25, 0.3) is 0 Å². The van der Waals surface area contributed by atoms with E-state index in [9.17, 15) is 5.11 Å². The summed E-state index contributed by atoms with van der Waals surface area (Å²) in [6.07, 6.45) is 8.09. The van der Waals surface area contributed by atoms with Crippen molar-refractivity contribution in [3.63, 3.8) is 0 Å². The van der Waals surface area contributed by atoms with E-state index in [1.54, 1.807) is 0 Å². The minimum atomic E-state index is -0.442. The summed E-state index contributed by atoms with van der Waals surface area (Å²) < 4.78 is 0. The second-order valence-corrected chi connectivity index (χ2v) is 8.79. The SMILES string of the molecule is CN(CC1(O)CCCC1)C1CC(C(C)(C)C)CCC1CN. The zero-order valence-electron chi connectivity index (χ0n) is 14.6. The van der Waals surface area contributed by atoms with Gasteiger partial charge in [-0.3, -0.25) is 0 Å². The maximum atomic E-state index is 10.7. The maximum Gasteiger partial charge on any atom is 0.0774 e. The number of aliphatic hydroxyl groups is 1. The highest BCUT2D eigenvalue weighted by Crippen LogP contribution is 2.42. The van der Waals surface area contributed by atoms with E-state index in [4.69, 9.17) is 5.73 Å². The van der Waals surface area contributed by atoms with Crippen molar-refractivity contribution in [1.82, 2.24) is 4.90 Å². The van der Waals surface area contributed by atoms with E-state index >= 15 is 0 Å². The van der Waals surface area contributed by atoms with Gasteiger partial charge >= 0.3 is 0 Å². The molecule has 3 heteroatoms. The van der Waals surface area contributed by atoms with Crippen LogP contribution < -0.4 is 5.73 Å². The van der Waals surface area contributed by atoms with Crippen LogP contribution in [0.5, 0.6) is 0 Å². The molecule has 2 saturated carbocycles. The Hall–Kier alpha value is -0.120. The van der Waals surface area contributed by atoms with Crippen LogP contribution >= 0.6 is 0 Å². The molecule has 0 spiro atoms. The molecule has 0 saturated heterocycles. The zero-order chi connectivity index (χ0) is 15.7. The molecule has 21 heavy (non-hydrogen) atoms. The zero-order valence-corrected chi connectivity index (χ0v) is 14.6. The molecule has 0 heterocycles.